The van der Waals surface area contributed by atoms with Gasteiger partial charge >= 0.3 is 0 Å². The van der Waals surface area contributed by atoms with Crippen molar-refractivity contribution in [2.45, 2.75) is 37.8 Å². The standard InChI is InChI=1S/C10H21NO2/c1-11(7-4-8-13-2)9-5-3-6-10(9)12/h9-10,12H,3-8H2,1-2H3. The summed E-state index contributed by atoms with van der Waals surface area (Å²) in [6.45, 7) is 1.84. The molecule has 3 nitrogen and oxygen atoms in total. The van der Waals surface area contributed by atoms with Gasteiger partial charge in [0.25, 0.3) is 0 Å². The second kappa shape index (κ2) is 5.58. The number of nitrogens with zero attached hydrogens (tertiary/aromatic N) is 1. The van der Waals surface area contributed by atoms with Crippen molar-refractivity contribution in [2.24, 2.45) is 0 Å². The van der Waals surface area contributed by atoms with Crippen LogP contribution in [0.2, 0.25) is 0 Å². The predicted molar refractivity (Wildman–Crippen MR) is 52.8 cm³/mol. The molecule has 0 spiro atoms. The molecule has 0 aliphatic heterocycles. The van der Waals surface area contributed by atoms with Crippen LogP contribution in [0.5, 0.6) is 0 Å². The first-order chi connectivity index (χ1) is 6.25. The van der Waals surface area contributed by atoms with Crippen molar-refractivity contribution in [1.29, 1.82) is 0 Å². The average Bonchev–Trinajstić information content (AvgIpc) is 2.52. The van der Waals surface area contributed by atoms with E-state index < -0.39 is 0 Å². The van der Waals surface area contributed by atoms with Gasteiger partial charge < -0.3 is 14.7 Å². The molecule has 1 saturated carbocycles. The second-order valence-electron chi connectivity index (χ2n) is 3.89. The van der Waals surface area contributed by atoms with Crippen LogP contribution in [0.3, 0.4) is 0 Å². The molecule has 2 atom stereocenters. The third-order valence-electron chi connectivity index (χ3n) is 2.87. The monoisotopic (exact) mass is 187 g/mol. The van der Waals surface area contributed by atoms with Crippen LogP contribution in [0.25, 0.3) is 0 Å². The molecule has 0 bridgehead atoms. The Morgan fingerprint density at radius 1 is 1.46 bits per heavy atom. The summed E-state index contributed by atoms with van der Waals surface area (Å²) in [6, 6.07) is 0.386. The molecule has 13 heavy (non-hydrogen) atoms. The number of hydrogen-bond donors (Lipinski definition) is 1. The van der Waals surface area contributed by atoms with Gasteiger partial charge in [-0.2, -0.15) is 0 Å². The Morgan fingerprint density at radius 2 is 2.23 bits per heavy atom. The number of hydrogen-bond acceptors (Lipinski definition) is 3. The average molecular weight is 187 g/mol. The molecule has 0 aromatic rings. The third kappa shape index (κ3) is 3.25. The lowest BCUT2D eigenvalue weighted by molar-refractivity contribution is 0.0796. The van der Waals surface area contributed by atoms with E-state index in [2.05, 4.69) is 11.9 Å². The fourth-order valence-corrected chi connectivity index (χ4v) is 2.06. The van der Waals surface area contributed by atoms with Gasteiger partial charge in [0.15, 0.2) is 0 Å². The molecule has 0 saturated heterocycles. The van der Waals surface area contributed by atoms with E-state index in [4.69, 9.17) is 4.74 Å². The van der Waals surface area contributed by atoms with Crippen molar-refractivity contribution in [3.63, 3.8) is 0 Å². The zero-order valence-electron chi connectivity index (χ0n) is 8.70. The van der Waals surface area contributed by atoms with Crippen LogP contribution >= 0.6 is 0 Å². The maximum absolute atomic E-state index is 9.64. The van der Waals surface area contributed by atoms with Gasteiger partial charge in [-0.05, 0) is 32.7 Å². The van der Waals surface area contributed by atoms with Crippen LogP contribution in [0.1, 0.15) is 25.7 Å². The Labute approximate surface area is 80.7 Å². The maximum Gasteiger partial charge on any atom is 0.0695 e. The minimum Gasteiger partial charge on any atom is -0.391 e. The highest BCUT2D eigenvalue weighted by molar-refractivity contribution is 4.83. The molecule has 78 valence electrons. The number of aliphatic hydroxyl groups excluding tert-OH is 1. The number of methoxy groups -OCH3 is 1. The molecule has 1 N–H and O–H groups in total. The van der Waals surface area contributed by atoms with Crippen molar-refractivity contribution in [1.82, 2.24) is 4.90 Å². The zero-order chi connectivity index (χ0) is 9.68. The molecule has 0 aromatic heterocycles. The van der Waals surface area contributed by atoms with E-state index in [-0.39, 0.29) is 6.10 Å². The van der Waals surface area contributed by atoms with Gasteiger partial charge in [-0.25, -0.2) is 0 Å². The highest BCUT2D eigenvalue weighted by Gasteiger charge is 2.27. The Morgan fingerprint density at radius 3 is 2.77 bits per heavy atom. The summed E-state index contributed by atoms with van der Waals surface area (Å²) in [7, 11) is 3.82. The van der Waals surface area contributed by atoms with Gasteiger partial charge in [0, 0.05) is 26.3 Å². The van der Waals surface area contributed by atoms with Gasteiger partial charge in [-0.3, -0.25) is 0 Å². The van der Waals surface area contributed by atoms with Crippen LogP contribution in [0.15, 0.2) is 0 Å². The molecule has 0 heterocycles. The summed E-state index contributed by atoms with van der Waals surface area (Å²) in [4.78, 5) is 2.26. The molecule has 3 heteroatoms. The molecule has 1 fully saturated rings. The van der Waals surface area contributed by atoms with Crippen molar-refractivity contribution in [2.75, 3.05) is 27.3 Å². The minimum absolute atomic E-state index is 0.104. The quantitative estimate of drug-likeness (QED) is 0.648. The summed E-state index contributed by atoms with van der Waals surface area (Å²) >= 11 is 0. The van der Waals surface area contributed by atoms with Crippen LogP contribution < -0.4 is 0 Å². The summed E-state index contributed by atoms with van der Waals surface area (Å²) in [5.41, 5.74) is 0. The minimum atomic E-state index is -0.104. The van der Waals surface area contributed by atoms with Crippen molar-refractivity contribution >= 4 is 0 Å². The largest absolute Gasteiger partial charge is 0.391 e. The number of likely N-dealkylation sites (N-methyl/N-ethyl adjacent to an activating group) is 1. The van der Waals surface area contributed by atoms with Gasteiger partial charge in [-0.15, -0.1) is 0 Å². The lowest BCUT2D eigenvalue weighted by atomic mass is 10.2. The van der Waals surface area contributed by atoms with Gasteiger partial charge in [0.2, 0.25) is 0 Å². The van der Waals surface area contributed by atoms with Crippen molar-refractivity contribution in [3.8, 4) is 0 Å². The Hall–Kier alpha value is -0.120. The highest BCUT2D eigenvalue weighted by atomic mass is 16.5. The summed E-state index contributed by atoms with van der Waals surface area (Å²) in [5, 5.41) is 9.64. The lowest BCUT2D eigenvalue weighted by Crippen LogP contribution is -2.38. The fourth-order valence-electron chi connectivity index (χ4n) is 2.06. The Kier molecular flexibility index (Phi) is 4.70. The summed E-state index contributed by atoms with van der Waals surface area (Å²) in [5.74, 6) is 0. The molecule has 0 amide bonds. The molecule has 1 rings (SSSR count). The zero-order valence-corrected chi connectivity index (χ0v) is 8.70. The fraction of sp³-hybridized carbons (Fsp3) is 1.00. The molecule has 0 radical (unpaired) electrons. The molecular formula is C10H21NO2. The summed E-state index contributed by atoms with van der Waals surface area (Å²) in [6.07, 6.45) is 4.23. The van der Waals surface area contributed by atoms with Crippen molar-refractivity contribution < 1.29 is 9.84 Å². The number of aliphatic hydroxyl groups is 1. The molecule has 0 aromatic carbocycles. The normalized spacial score (nSPS) is 28.6. The van der Waals surface area contributed by atoms with Gasteiger partial charge in [0.05, 0.1) is 6.10 Å². The number of rotatable bonds is 5. The first-order valence-corrected chi connectivity index (χ1v) is 5.13. The lowest BCUT2D eigenvalue weighted by Gasteiger charge is -2.26. The number of ether oxygens (including phenoxy) is 1. The van der Waals surface area contributed by atoms with Crippen LogP contribution in [0.4, 0.5) is 0 Å². The van der Waals surface area contributed by atoms with E-state index in [9.17, 15) is 5.11 Å². The Balaban J connectivity index is 2.18. The third-order valence-corrected chi connectivity index (χ3v) is 2.87. The van der Waals surface area contributed by atoms with Crippen LogP contribution in [-0.2, 0) is 4.74 Å². The SMILES string of the molecule is COCCCN(C)C1CCCC1O. The predicted octanol–water partition coefficient (Wildman–Crippen LogP) is 0.868. The molecular weight excluding hydrogens is 166 g/mol. The van der Waals surface area contributed by atoms with Crippen LogP contribution in [0, 0.1) is 0 Å². The highest BCUT2D eigenvalue weighted by Crippen LogP contribution is 2.23. The van der Waals surface area contributed by atoms with Crippen LogP contribution in [-0.4, -0.2) is 49.5 Å². The first-order valence-electron chi connectivity index (χ1n) is 5.13. The first kappa shape index (κ1) is 11.0. The van der Waals surface area contributed by atoms with E-state index in [1.54, 1.807) is 7.11 Å². The topological polar surface area (TPSA) is 32.7 Å². The maximum atomic E-state index is 9.64. The van der Waals surface area contributed by atoms with Gasteiger partial charge in [-0.1, -0.05) is 0 Å². The molecule has 1 aliphatic rings. The summed E-state index contributed by atoms with van der Waals surface area (Å²) < 4.78 is 4.99. The Bertz CT molecular complexity index is 141. The second-order valence-corrected chi connectivity index (χ2v) is 3.89. The smallest absolute Gasteiger partial charge is 0.0695 e. The van der Waals surface area contributed by atoms with E-state index >= 15 is 0 Å². The van der Waals surface area contributed by atoms with Crippen molar-refractivity contribution in [3.05, 3.63) is 0 Å². The molecule has 2 unspecified atom stereocenters. The van der Waals surface area contributed by atoms with Gasteiger partial charge in [0.1, 0.15) is 0 Å². The van der Waals surface area contributed by atoms with E-state index in [0.29, 0.717) is 6.04 Å². The van der Waals surface area contributed by atoms with E-state index in [0.717, 1.165) is 32.4 Å². The molecule has 1 aliphatic carbocycles. The van der Waals surface area contributed by atoms with E-state index in [1.807, 2.05) is 0 Å². The van der Waals surface area contributed by atoms with E-state index in [1.165, 1.54) is 6.42 Å².